The summed E-state index contributed by atoms with van der Waals surface area (Å²) >= 11 is 0. The van der Waals surface area contributed by atoms with E-state index in [9.17, 15) is 0 Å². The Bertz CT molecular complexity index is 856. The molecule has 4 aromatic carbocycles. The van der Waals surface area contributed by atoms with E-state index < -0.39 is 0 Å². The molecule has 38 heavy (non-hydrogen) atoms. The predicted molar refractivity (Wildman–Crippen MR) is 185 cm³/mol. The van der Waals surface area contributed by atoms with Crippen LogP contribution in [0, 0.1) is 0 Å². The van der Waals surface area contributed by atoms with Gasteiger partial charge in [0.25, 0.3) is 0 Å². The van der Waals surface area contributed by atoms with Gasteiger partial charge in [-0.05, 0) is 48.5 Å². The van der Waals surface area contributed by atoms with Crippen molar-refractivity contribution < 1.29 is 31.9 Å². The molecule has 0 nitrogen and oxygen atoms in total. The van der Waals surface area contributed by atoms with Crippen LogP contribution in [-0.4, -0.2) is 53.3 Å². The fourth-order valence-corrected chi connectivity index (χ4v) is 6.52. The van der Waals surface area contributed by atoms with E-state index in [1.165, 1.54) is 21.2 Å². The van der Waals surface area contributed by atoms with Crippen molar-refractivity contribution in [3.63, 3.8) is 0 Å². The molecule has 1 radical (unpaired) electrons. The Labute approximate surface area is 258 Å². The summed E-state index contributed by atoms with van der Waals surface area (Å²) in [6, 6.07) is 42.7. The van der Waals surface area contributed by atoms with Crippen molar-refractivity contribution in [2.24, 2.45) is 0 Å². The van der Waals surface area contributed by atoms with Gasteiger partial charge in [0.1, 0.15) is 0 Å². The third-order valence-corrected chi connectivity index (χ3v) is 11.4. The van der Waals surface area contributed by atoms with E-state index in [-0.39, 0.29) is 63.6 Å². The average Bonchev–Trinajstić information content (AvgIpc) is 2.92. The minimum Gasteiger partial charge on any atom is -1.00 e. The van der Waals surface area contributed by atoms with Gasteiger partial charge in [0, 0.05) is 51.2 Å². The van der Waals surface area contributed by atoms with Crippen molar-refractivity contribution in [2.75, 3.05) is 53.3 Å². The zero-order valence-corrected chi connectivity index (χ0v) is 30.7. The first kappa shape index (κ1) is 39.7. The normalized spacial score (nSPS) is 9.58. The van der Waals surface area contributed by atoms with E-state index in [2.05, 4.69) is 175 Å². The second-order valence-electron chi connectivity index (χ2n) is 9.46. The Hall–Kier alpha value is -0.487. The maximum absolute atomic E-state index is 2.31. The van der Waals surface area contributed by atoms with Crippen molar-refractivity contribution in [3.05, 3.63) is 121 Å². The van der Waals surface area contributed by atoms with Crippen molar-refractivity contribution in [3.8, 4) is 0 Å². The van der Waals surface area contributed by atoms with E-state index in [0.717, 1.165) is 0 Å². The summed E-state index contributed by atoms with van der Waals surface area (Å²) in [5, 5.41) is 6.06. The Kier molecular flexibility index (Phi) is 25.4. The topological polar surface area (TPSA) is 0 Å². The number of hydrogen-bond donors (Lipinski definition) is 0. The Morgan fingerprint density at radius 1 is 0.289 bits per heavy atom. The fraction of sp³-hybridized carbons (Fsp3) is 0.250. The summed E-state index contributed by atoms with van der Waals surface area (Å²) in [4.78, 5) is 0. The van der Waals surface area contributed by atoms with Crippen LogP contribution in [0.4, 0.5) is 0 Å². The summed E-state index contributed by atoms with van der Waals surface area (Å²) in [5.74, 6) is 0. The van der Waals surface area contributed by atoms with E-state index in [1.807, 2.05) is 0 Å². The van der Waals surface area contributed by atoms with E-state index >= 15 is 0 Å². The van der Waals surface area contributed by atoms with Gasteiger partial charge in [0.05, 0.1) is 74.5 Å². The summed E-state index contributed by atoms with van der Waals surface area (Å²) in [7, 11) is -0.849. The SMILES string of the molecule is C[PH+](C)c1ccccc1.C[PH+](C)c1ccccc1.C[PH+](C)c1ccccc1.C[PH+](C)c1ccccc1.[Cl-].[Rh]. The van der Waals surface area contributed by atoms with Crippen LogP contribution in [0.3, 0.4) is 0 Å². The van der Waals surface area contributed by atoms with Gasteiger partial charge in [-0.25, -0.2) is 0 Å². The molecule has 0 spiro atoms. The van der Waals surface area contributed by atoms with Crippen molar-refractivity contribution >= 4 is 52.9 Å². The Balaban J connectivity index is 0. The molecule has 0 saturated carbocycles. The molecule has 209 valence electrons. The molecule has 0 aliphatic heterocycles. The van der Waals surface area contributed by atoms with Crippen molar-refractivity contribution in [1.29, 1.82) is 0 Å². The molecule has 0 unspecified atom stereocenters. The molecule has 6 heteroatoms. The van der Waals surface area contributed by atoms with Gasteiger partial charge in [0.2, 0.25) is 0 Å². The van der Waals surface area contributed by atoms with Gasteiger partial charge >= 0.3 is 0 Å². The summed E-state index contributed by atoms with van der Waals surface area (Å²) in [5.41, 5.74) is 0. The quantitative estimate of drug-likeness (QED) is 0.223. The summed E-state index contributed by atoms with van der Waals surface area (Å²) < 4.78 is 0. The first-order valence-electron chi connectivity index (χ1n) is 12.6. The van der Waals surface area contributed by atoms with Crippen LogP contribution in [-0.2, 0) is 19.5 Å². The number of halogens is 1. The zero-order valence-electron chi connectivity index (χ0n) is 24.3. The molecule has 0 aromatic heterocycles. The minimum atomic E-state index is -0.212. The second-order valence-corrected chi connectivity index (χ2v) is 19.8. The maximum Gasteiger partial charge on any atom is 0.0908 e. The van der Waals surface area contributed by atoms with Gasteiger partial charge in [-0.15, -0.1) is 0 Å². The monoisotopic (exact) mass is 694 g/mol. The van der Waals surface area contributed by atoms with Crippen LogP contribution in [0.2, 0.25) is 0 Å². The fourth-order valence-electron chi connectivity index (χ4n) is 3.09. The van der Waals surface area contributed by atoms with Crippen LogP contribution in [0.25, 0.3) is 0 Å². The van der Waals surface area contributed by atoms with Gasteiger partial charge in [-0.1, -0.05) is 72.8 Å². The summed E-state index contributed by atoms with van der Waals surface area (Å²) in [6.07, 6.45) is 0. The van der Waals surface area contributed by atoms with Crippen LogP contribution < -0.4 is 33.6 Å². The predicted octanol–water partition coefficient (Wildman–Crippen LogP) is 4.14. The summed E-state index contributed by atoms with van der Waals surface area (Å²) in [6.45, 7) is 18.4. The number of benzene rings is 4. The van der Waals surface area contributed by atoms with Gasteiger partial charge in [-0.3, -0.25) is 0 Å². The largest absolute Gasteiger partial charge is 1.00 e. The molecule has 0 amide bonds. The molecule has 0 aliphatic rings. The molecule has 0 atom stereocenters. The van der Waals surface area contributed by atoms with Crippen LogP contribution >= 0.6 is 31.7 Å². The molecule has 0 fully saturated rings. The first-order chi connectivity index (χ1) is 17.2. The molecule has 4 aromatic rings. The zero-order chi connectivity index (χ0) is 26.8. The standard InChI is InChI=1S/4C8H11P.ClH.Rh/c4*1-9(2)8-6-4-3-5-7-8;;/h4*3-7H,1-2H3;1H;/p+3. The molecular weight excluding hydrogens is 647 g/mol. The van der Waals surface area contributed by atoms with Crippen molar-refractivity contribution in [1.82, 2.24) is 0 Å². The number of hydrogen-bond acceptors (Lipinski definition) is 0. The third kappa shape index (κ3) is 18.7. The van der Waals surface area contributed by atoms with Crippen LogP contribution in [0.5, 0.6) is 0 Å². The molecule has 0 bridgehead atoms. The average molecular weight is 695 g/mol. The van der Waals surface area contributed by atoms with Gasteiger partial charge in [0.15, 0.2) is 0 Å². The van der Waals surface area contributed by atoms with Crippen LogP contribution in [0.15, 0.2) is 121 Å². The molecule has 0 aliphatic carbocycles. The van der Waals surface area contributed by atoms with Crippen molar-refractivity contribution in [2.45, 2.75) is 0 Å². The molecule has 4 rings (SSSR count). The van der Waals surface area contributed by atoms with E-state index in [0.29, 0.717) is 0 Å². The smallest absolute Gasteiger partial charge is 0.0908 e. The Morgan fingerprint density at radius 2 is 0.421 bits per heavy atom. The minimum absolute atomic E-state index is 0. The van der Waals surface area contributed by atoms with Gasteiger partial charge < -0.3 is 12.4 Å². The van der Waals surface area contributed by atoms with Crippen LogP contribution in [0.1, 0.15) is 0 Å². The second kappa shape index (κ2) is 24.3. The first-order valence-corrected chi connectivity index (χ1v) is 22.6. The molecule has 0 N–H and O–H groups in total. The maximum atomic E-state index is 2.31. The van der Waals surface area contributed by atoms with E-state index in [1.54, 1.807) is 0 Å². The molecule has 0 heterocycles. The molecular formula is C32H48ClP4Rh+3. The van der Waals surface area contributed by atoms with E-state index in [4.69, 9.17) is 0 Å². The number of rotatable bonds is 4. The third-order valence-electron chi connectivity index (χ3n) is 5.40. The van der Waals surface area contributed by atoms with Gasteiger partial charge in [-0.2, -0.15) is 0 Å². The molecule has 0 saturated heterocycles. The Morgan fingerprint density at radius 3 is 0.500 bits per heavy atom.